The second kappa shape index (κ2) is 5.00. The lowest BCUT2D eigenvalue weighted by atomic mass is 10.1. The maximum atomic E-state index is 11.5. The lowest BCUT2D eigenvalue weighted by molar-refractivity contribution is 0.415. The minimum Gasteiger partial charge on any atom is -0.497 e. The lowest BCUT2D eigenvalue weighted by Gasteiger charge is -2.08. The quantitative estimate of drug-likeness (QED) is 0.812. The summed E-state index contributed by atoms with van der Waals surface area (Å²) in [4.78, 5) is 0.0971. The first-order valence-electron chi connectivity index (χ1n) is 5.20. The van der Waals surface area contributed by atoms with Gasteiger partial charge in [0, 0.05) is 16.2 Å². The van der Waals surface area contributed by atoms with Crippen molar-refractivity contribution in [2.24, 2.45) is 0 Å². The Bertz CT molecular complexity index is 665. The van der Waals surface area contributed by atoms with Gasteiger partial charge in [-0.25, -0.2) is 8.42 Å². The second-order valence-corrected chi connectivity index (χ2v) is 6.20. The van der Waals surface area contributed by atoms with Crippen molar-refractivity contribution in [3.05, 3.63) is 48.5 Å². The van der Waals surface area contributed by atoms with Gasteiger partial charge in [-0.2, -0.15) is 0 Å². The summed E-state index contributed by atoms with van der Waals surface area (Å²) in [5, 5.41) is 0. The monoisotopic (exact) mass is 282 g/mol. The van der Waals surface area contributed by atoms with E-state index < -0.39 is 9.05 Å². The first-order valence-corrected chi connectivity index (χ1v) is 7.51. The molecule has 0 aromatic heterocycles. The highest BCUT2D eigenvalue weighted by atomic mass is 35.7. The summed E-state index contributed by atoms with van der Waals surface area (Å²) in [6.07, 6.45) is 0. The van der Waals surface area contributed by atoms with Gasteiger partial charge < -0.3 is 4.74 Å². The van der Waals surface area contributed by atoms with E-state index in [9.17, 15) is 8.42 Å². The molecule has 0 heterocycles. The molecule has 0 saturated heterocycles. The van der Waals surface area contributed by atoms with Gasteiger partial charge in [0.2, 0.25) is 0 Å². The summed E-state index contributed by atoms with van der Waals surface area (Å²) >= 11 is 0. The molecule has 2 aromatic carbocycles. The largest absolute Gasteiger partial charge is 0.497 e. The van der Waals surface area contributed by atoms with Gasteiger partial charge in [0.15, 0.2) is 0 Å². The molecule has 0 N–H and O–H groups in total. The molecule has 0 aliphatic heterocycles. The summed E-state index contributed by atoms with van der Waals surface area (Å²) < 4.78 is 28.2. The van der Waals surface area contributed by atoms with Crippen LogP contribution in [0.5, 0.6) is 5.75 Å². The van der Waals surface area contributed by atoms with E-state index in [4.69, 9.17) is 15.4 Å². The van der Waals surface area contributed by atoms with Crippen LogP contribution in [0.1, 0.15) is 0 Å². The summed E-state index contributed by atoms with van der Waals surface area (Å²) in [6.45, 7) is 0. The molecule has 2 aromatic rings. The number of rotatable bonds is 3. The summed E-state index contributed by atoms with van der Waals surface area (Å²) in [7, 11) is 3.22. The normalized spacial score (nSPS) is 11.2. The molecule has 0 saturated carbocycles. The Morgan fingerprint density at radius 1 is 1.06 bits per heavy atom. The second-order valence-electron chi connectivity index (χ2n) is 3.67. The molecule has 0 spiro atoms. The van der Waals surface area contributed by atoms with Gasteiger partial charge in [0.05, 0.1) is 12.0 Å². The Labute approximate surface area is 110 Å². The molecule has 0 fully saturated rings. The third-order valence-corrected chi connectivity index (χ3v) is 3.91. The molecule has 0 radical (unpaired) electrons. The van der Waals surface area contributed by atoms with E-state index in [1.54, 1.807) is 43.5 Å². The van der Waals surface area contributed by atoms with Crippen molar-refractivity contribution >= 4 is 19.7 Å². The van der Waals surface area contributed by atoms with Gasteiger partial charge in [0.1, 0.15) is 5.75 Å². The van der Waals surface area contributed by atoms with E-state index in [1.807, 2.05) is 6.07 Å². The number of hydrogen-bond donors (Lipinski definition) is 0. The number of ether oxygens (including phenoxy) is 1. The van der Waals surface area contributed by atoms with E-state index in [0.29, 0.717) is 11.3 Å². The maximum Gasteiger partial charge on any atom is 0.261 e. The lowest BCUT2D eigenvalue weighted by Crippen LogP contribution is -1.94. The number of halogens is 1. The van der Waals surface area contributed by atoms with E-state index >= 15 is 0 Å². The van der Waals surface area contributed by atoms with Crippen molar-refractivity contribution < 1.29 is 13.2 Å². The highest BCUT2D eigenvalue weighted by Crippen LogP contribution is 2.31. The van der Waals surface area contributed by atoms with Crippen molar-refractivity contribution in [1.82, 2.24) is 0 Å². The van der Waals surface area contributed by atoms with Crippen molar-refractivity contribution in [2.45, 2.75) is 4.90 Å². The molecule has 0 amide bonds. The Hall–Kier alpha value is -1.52. The first-order chi connectivity index (χ1) is 8.52. The van der Waals surface area contributed by atoms with Crippen LogP contribution < -0.4 is 4.74 Å². The smallest absolute Gasteiger partial charge is 0.261 e. The molecule has 5 heteroatoms. The van der Waals surface area contributed by atoms with Crippen LogP contribution in [-0.4, -0.2) is 15.5 Å². The van der Waals surface area contributed by atoms with Crippen LogP contribution in [0.2, 0.25) is 0 Å². The van der Waals surface area contributed by atoms with Crippen LogP contribution in [0.4, 0.5) is 0 Å². The third kappa shape index (κ3) is 2.66. The number of hydrogen-bond acceptors (Lipinski definition) is 3. The van der Waals surface area contributed by atoms with Gasteiger partial charge in [-0.3, -0.25) is 0 Å². The van der Waals surface area contributed by atoms with Gasteiger partial charge in [0.25, 0.3) is 9.05 Å². The minimum absolute atomic E-state index is 0.0971. The Morgan fingerprint density at radius 3 is 2.44 bits per heavy atom. The van der Waals surface area contributed by atoms with Gasteiger partial charge in [-0.05, 0) is 23.8 Å². The predicted octanol–water partition coefficient (Wildman–Crippen LogP) is 3.29. The summed E-state index contributed by atoms with van der Waals surface area (Å²) in [5.41, 5.74) is 1.31. The fraction of sp³-hybridized carbons (Fsp3) is 0.0769. The Balaban J connectivity index is 2.64. The standard InChI is InChI=1S/C13H11ClO3S/c1-17-11-6-4-5-10(9-11)12-7-2-3-8-13(12)18(14,15)16/h2-9H,1H3. The van der Waals surface area contributed by atoms with Crippen molar-refractivity contribution in [1.29, 1.82) is 0 Å². The van der Waals surface area contributed by atoms with E-state index in [-0.39, 0.29) is 4.90 Å². The Morgan fingerprint density at radius 2 is 1.78 bits per heavy atom. The van der Waals surface area contributed by atoms with Gasteiger partial charge >= 0.3 is 0 Å². The van der Waals surface area contributed by atoms with Crippen molar-refractivity contribution in [3.63, 3.8) is 0 Å². The molecule has 0 aliphatic carbocycles. The van der Waals surface area contributed by atoms with Crippen molar-refractivity contribution in [2.75, 3.05) is 7.11 Å². The maximum absolute atomic E-state index is 11.5. The van der Waals surface area contributed by atoms with E-state index in [0.717, 1.165) is 5.56 Å². The molecular weight excluding hydrogens is 272 g/mol. The van der Waals surface area contributed by atoms with E-state index in [1.165, 1.54) is 6.07 Å². The van der Waals surface area contributed by atoms with E-state index in [2.05, 4.69) is 0 Å². The summed E-state index contributed by atoms with van der Waals surface area (Å²) in [6, 6.07) is 13.8. The molecular formula is C13H11ClO3S. The van der Waals surface area contributed by atoms with Gasteiger partial charge in [-0.1, -0.05) is 30.3 Å². The molecule has 0 aliphatic rings. The third-order valence-electron chi connectivity index (χ3n) is 2.53. The van der Waals surface area contributed by atoms with Gasteiger partial charge in [-0.15, -0.1) is 0 Å². The van der Waals surface area contributed by atoms with Crippen LogP contribution >= 0.6 is 10.7 Å². The summed E-state index contributed by atoms with van der Waals surface area (Å²) in [5.74, 6) is 0.661. The fourth-order valence-electron chi connectivity index (χ4n) is 1.71. The molecule has 0 unspecified atom stereocenters. The van der Waals surface area contributed by atoms with Crippen LogP contribution in [0.3, 0.4) is 0 Å². The molecule has 2 rings (SSSR count). The van der Waals surface area contributed by atoms with Crippen LogP contribution in [0, 0.1) is 0 Å². The first kappa shape index (κ1) is 12.9. The number of methoxy groups -OCH3 is 1. The number of benzene rings is 2. The van der Waals surface area contributed by atoms with Crippen LogP contribution in [0.15, 0.2) is 53.4 Å². The topological polar surface area (TPSA) is 43.4 Å². The molecule has 0 atom stereocenters. The zero-order valence-corrected chi connectivity index (χ0v) is 11.2. The Kier molecular flexibility index (Phi) is 3.59. The van der Waals surface area contributed by atoms with Crippen LogP contribution in [-0.2, 0) is 9.05 Å². The fourth-order valence-corrected chi connectivity index (χ4v) is 2.80. The molecule has 18 heavy (non-hydrogen) atoms. The molecule has 94 valence electrons. The van der Waals surface area contributed by atoms with Crippen LogP contribution in [0.25, 0.3) is 11.1 Å². The van der Waals surface area contributed by atoms with Crippen molar-refractivity contribution in [3.8, 4) is 16.9 Å². The zero-order chi connectivity index (χ0) is 13.2. The molecule has 3 nitrogen and oxygen atoms in total. The average Bonchev–Trinajstić information content (AvgIpc) is 2.38. The average molecular weight is 283 g/mol. The minimum atomic E-state index is -3.77. The molecule has 0 bridgehead atoms. The predicted molar refractivity (Wildman–Crippen MR) is 71.5 cm³/mol. The highest BCUT2D eigenvalue weighted by Gasteiger charge is 2.16. The zero-order valence-electron chi connectivity index (χ0n) is 9.63. The highest BCUT2D eigenvalue weighted by molar-refractivity contribution is 8.13. The SMILES string of the molecule is COc1cccc(-c2ccccc2S(=O)(=O)Cl)c1.